The summed E-state index contributed by atoms with van der Waals surface area (Å²) >= 11 is 11.7. The fourth-order valence-corrected chi connectivity index (χ4v) is 2.36. The van der Waals surface area contributed by atoms with Crippen LogP contribution in [0, 0.1) is 5.92 Å². The molecule has 5 heteroatoms. The maximum atomic E-state index is 11.9. The summed E-state index contributed by atoms with van der Waals surface area (Å²) in [4.78, 5) is 13.6. The molecular formula is C12H13Cl2NO2. The van der Waals surface area contributed by atoms with Gasteiger partial charge in [0, 0.05) is 29.9 Å². The quantitative estimate of drug-likeness (QED) is 0.793. The lowest BCUT2D eigenvalue weighted by Crippen LogP contribution is -2.25. The van der Waals surface area contributed by atoms with Crippen LogP contribution < -0.4 is 9.64 Å². The Morgan fingerprint density at radius 1 is 1.53 bits per heavy atom. The molecule has 0 spiro atoms. The van der Waals surface area contributed by atoms with Crippen molar-refractivity contribution in [1.29, 1.82) is 0 Å². The summed E-state index contributed by atoms with van der Waals surface area (Å²) in [5.41, 5.74) is 0.759. The van der Waals surface area contributed by atoms with E-state index in [-0.39, 0.29) is 11.8 Å². The molecule has 0 bridgehead atoms. The van der Waals surface area contributed by atoms with E-state index in [1.165, 1.54) is 0 Å². The van der Waals surface area contributed by atoms with E-state index in [0.717, 1.165) is 5.69 Å². The molecule has 0 N–H and O–H groups in total. The van der Waals surface area contributed by atoms with Gasteiger partial charge in [-0.1, -0.05) is 11.6 Å². The van der Waals surface area contributed by atoms with Gasteiger partial charge in [-0.15, -0.1) is 11.6 Å². The van der Waals surface area contributed by atoms with Crippen molar-refractivity contribution < 1.29 is 9.53 Å². The summed E-state index contributed by atoms with van der Waals surface area (Å²) in [5, 5.41) is 0.589. The van der Waals surface area contributed by atoms with Gasteiger partial charge in [-0.25, -0.2) is 0 Å². The molecule has 0 aromatic heterocycles. The molecule has 0 aliphatic carbocycles. The van der Waals surface area contributed by atoms with Gasteiger partial charge in [0.15, 0.2) is 0 Å². The lowest BCUT2D eigenvalue weighted by atomic mass is 10.1. The molecule has 1 amide bonds. The highest BCUT2D eigenvalue weighted by Gasteiger charge is 2.31. The number of anilines is 1. The van der Waals surface area contributed by atoms with E-state index in [0.29, 0.717) is 29.6 Å². The Hall–Kier alpha value is -0.930. The number of halogens is 2. The number of alkyl halides is 1. The summed E-state index contributed by atoms with van der Waals surface area (Å²) in [5.74, 6) is 1.40. The van der Waals surface area contributed by atoms with Crippen LogP contribution in [0.1, 0.15) is 6.42 Å². The summed E-state index contributed by atoms with van der Waals surface area (Å²) in [6.07, 6.45) is 0.495. The van der Waals surface area contributed by atoms with Crippen molar-refractivity contribution in [3.63, 3.8) is 0 Å². The van der Waals surface area contributed by atoms with Crippen molar-refractivity contribution in [3.05, 3.63) is 23.2 Å². The van der Waals surface area contributed by atoms with Gasteiger partial charge in [-0.05, 0) is 18.1 Å². The summed E-state index contributed by atoms with van der Waals surface area (Å²) in [6, 6.07) is 5.26. The number of rotatable bonds is 3. The zero-order chi connectivity index (χ0) is 12.4. The van der Waals surface area contributed by atoms with Crippen LogP contribution in [0.15, 0.2) is 18.2 Å². The Kier molecular flexibility index (Phi) is 3.79. The maximum Gasteiger partial charge on any atom is 0.227 e. The first-order valence-electron chi connectivity index (χ1n) is 5.35. The van der Waals surface area contributed by atoms with Crippen LogP contribution in [-0.4, -0.2) is 25.4 Å². The fraction of sp³-hybridized carbons (Fsp3) is 0.417. The molecule has 1 aromatic carbocycles. The Morgan fingerprint density at radius 3 is 2.88 bits per heavy atom. The average molecular weight is 274 g/mol. The van der Waals surface area contributed by atoms with Crippen LogP contribution in [-0.2, 0) is 4.79 Å². The minimum atomic E-state index is 0.0799. The molecule has 1 aliphatic rings. The van der Waals surface area contributed by atoms with Gasteiger partial charge < -0.3 is 9.64 Å². The second-order valence-corrected chi connectivity index (χ2v) is 4.79. The normalized spacial score (nSPS) is 19.8. The third kappa shape index (κ3) is 2.50. The van der Waals surface area contributed by atoms with E-state index in [1.807, 2.05) is 0 Å². The highest BCUT2D eigenvalue weighted by atomic mass is 35.5. The summed E-state index contributed by atoms with van der Waals surface area (Å²) in [7, 11) is 1.56. The number of benzene rings is 1. The number of methoxy groups -OCH3 is 1. The minimum absolute atomic E-state index is 0.0799. The van der Waals surface area contributed by atoms with Gasteiger partial charge in [0.2, 0.25) is 5.91 Å². The molecule has 17 heavy (non-hydrogen) atoms. The number of hydrogen-bond donors (Lipinski definition) is 0. The number of hydrogen-bond acceptors (Lipinski definition) is 2. The molecular weight excluding hydrogens is 261 g/mol. The predicted octanol–water partition coefficient (Wildman–Crippen LogP) is 2.94. The summed E-state index contributed by atoms with van der Waals surface area (Å²) in [6.45, 7) is 0.639. The lowest BCUT2D eigenvalue weighted by Gasteiger charge is -2.19. The molecule has 1 fully saturated rings. The van der Waals surface area contributed by atoms with Gasteiger partial charge in [0.25, 0.3) is 0 Å². The van der Waals surface area contributed by atoms with Crippen molar-refractivity contribution in [2.24, 2.45) is 5.92 Å². The Bertz CT molecular complexity index is 437. The average Bonchev–Trinajstić information content (AvgIpc) is 2.70. The first kappa shape index (κ1) is 12.5. The molecule has 1 atom stereocenters. The van der Waals surface area contributed by atoms with E-state index in [2.05, 4.69) is 0 Å². The number of amides is 1. The van der Waals surface area contributed by atoms with Gasteiger partial charge in [-0.2, -0.15) is 0 Å². The molecule has 1 heterocycles. The number of ether oxygens (including phenoxy) is 1. The summed E-state index contributed by atoms with van der Waals surface area (Å²) < 4.78 is 5.24. The van der Waals surface area contributed by atoms with E-state index in [1.54, 1.807) is 30.2 Å². The zero-order valence-corrected chi connectivity index (χ0v) is 11.0. The Balaban J connectivity index is 2.31. The fourth-order valence-electron chi connectivity index (χ4n) is 1.99. The second kappa shape index (κ2) is 5.15. The largest absolute Gasteiger partial charge is 0.495 e. The van der Waals surface area contributed by atoms with Crippen LogP contribution in [0.3, 0.4) is 0 Å². The highest BCUT2D eigenvalue weighted by Crippen LogP contribution is 2.35. The van der Waals surface area contributed by atoms with Crippen molar-refractivity contribution in [2.45, 2.75) is 6.42 Å². The molecule has 0 saturated carbocycles. The third-order valence-electron chi connectivity index (χ3n) is 2.86. The first-order valence-corrected chi connectivity index (χ1v) is 6.27. The number of nitrogens with zero attached hydrogens (tertiary/aromatic N) is 1. The van der Waals surface area contributed by atoms with Crippen molar-refractivity contribution >= 4 is 34.8 Å². The Labute approximate surface area is 110 Å². The van der Waals surface area contributed by atoms with Crippen molar-refractivity contribution in [1.82, 2.24) is 0 Å². The zero-order valence-electron chi connectivity index (χ0n) is 9.45. The molecule has 2 rings (SSSR count). The molecule has 1 saturated heterocycles. The molecule has 3 nitrogen and oxygen atoms in total. The van der Waals surface area contributed by atoms with Crippen LogP contribution in [0.5, 0.6) is 5.75 Å². The van der Waals surface area contributed by atoms with Crippen molar-refractivity contribution in [2.75, 3.05) is 24.4 Å². The molecule has 1 aromatic rings. The maximum absolute atomic E-state index is 11.9. The van der Waals surface area contributed by atoms with Gasteiger partial charge in [0.05, 0.1) is 12.8 Å². The number of carbonyl (C=O) groups is 1. The molecule has 0 radical (unpaired) electrons. The second-order valence-electron chi connectivity index (χ2n) is 4.04. The van der Waals surface area contributed by atoms with E-state index in [9.17, 15) is 4.79 Å². The van der Waals surface area contributed by atoms with Crippen LogP contribution in [0.4, 0.5) is 5.69 Å². The predicted molar refractivity (Wildman–Crippen MR) is 69.2 cm³/mol. The standard InChI is InChI=1S/C12H13Cl2NO2/c1-17-11-5-9(14)2-3-10(11)15-7-8(6-13)4-12(15)16/h2-3,5,8H,4,6-7H2,1H3. The monoisotopic (exact) mass is 273 g/mol. The van der Waals surface area contributed by atoms with E-state index >= 15 is 0 Å². The molecule has 92 valence electrons. The smallest absolute Gasteiger partial charge is 0.227 e. The van der Waals surface area contributed by atoms with Crippen LogP contribution in [0.25, 0.3) is 0 Å². The SMILES string of the molecule is COc1cc(Cl)ccc1N1CC(CCl)CC1=O. The highest BCUT2D eigenvalue weighted by molar-refractivity contribution is 6.30. The Morgan fingerprint density at radius 2 is 2.29 bits per heavy atom. The minimum Gasteiger partial charge on any atom is -0.495 e. The topological polar surface area (TPSA) is 29.5 Å². The first-order chi connectivity index (χ1) is 8.15. The van der Waals surface area contributed by atoms with Crippen molar-refractivity contribution in [3.8, 4) is 5.75 Å². The van der Waals surface area contributed by atoms with Gasteiger partial charge in [0.1, 0.15) is 5.75 Å². The number of carbonyl (C=O) groups excluding carboxylic acids is 1. The lowest BCUT2D eigenvalue weighted by molar-refractivity contribution is -0.117. The molecule has 1 unspecified atom stereocenters. The van der Waals surface area contributed by atoms with E-state index in [4.69, 9.17) is 27.9 Å². The molecule has 1 aliphatic heterocycles. The van der Waals surface area contributed by atoms with Gasteiger partial charge >= 0.3 is 0 Å². The van der Waals surface area contributed by atoms with Crippen LogP contribution in [0.2, 0.25) is 5.02 Å². The van der Waals surface area contributed by atoms with Gasteiger partial charge in [-0.3, -0.25) is 4.79 Å². The van der Waals surface area contributed by atoms with E-state index < -0.39 is 0 Å². The third-order valence-corrected chi connectivity index (χ3v) is 3.53. The van der Waals surface area contributed by atoms with Crippen LogP contribution >= 0.6 is 23.2 Å².